The molecule has 3 fully saturated rings. The molecule has 6 nitrogen and oxygen atoms in total. The molecule has 2 saturated heterocycles. The van der Waals surface area contributed by atoms with Crippen molar-refractivity contribution in [2.75, 3.05) is 32.8 Å². The lowest BCUT2D eigenvalue weighted by Gasteiger charge is -2.52. The van der Waals surface area contributed by atoms with Crippen LogP contribution in [0.15, 0.2) is 29.2 Å². The molecule has 2 heterocycles. The molecule has 1 aromatic rings. The van der Waals surface area contributed by atoms with Gasteiger partial charge in [0.1, 0.15) is 0 Å². The predicted octanol–water partition coefficient (Wildman–Crippen LogP) is 2.43. The molecule has 0 radical (unpaired) electrons. The van der Waals surface area contributed by atoms with E-state index in [0.29, 0.717) is 38.5 Å². The first-order valence-corrected chi connectivity index (χ1v) is 11.9. The van der Waals surface area contributed by atoms with E-state index in [1.54, 1.807) is 12.1 Å². The number of sulfonamides is 1. The SMILES string of the molecule is CCCc1ccc(S(=O)(=O)N2CC(=O)N(CC3CC3)C3(CCOCC3)C2)cc1. The minimum atomic E-state index is -3.69. The minimum Gasteiger partial charge on any atom is -0.381 e. The number of carbonyl (C=O) groups is 1. The normalized spacial score (nSPS) is 23.3. The summed E-state index contributed by atoms with van der Waals surface area (Å²) in [6.45, 7) is 4.33. The molecule has 0 unspecified atom stereocenters. The van der Waals surface area contributed by atoms with E-state index in [0.717, 1.165) is 24.9 Å². The number of nitrogens with zero attached hydrogens (tertiary/aromatic N) is 2. The van der Waals surface area contributed by atoms with Gasteiger partial charge in [0.05, 0.1) is 17.0 Å². The van der Waals surface area contributed by atoms with Crippen molar-refractivity contribution in [3.8, 4) is 0 Å². The van der Waals surface area contributed by atoms with Crippen molar-refractivity contribution in [2.24, 2.45) is 5.92 Å². The van der Waals surface area contributed by atoms with Crippen LogP contribution in [0, 0.1) is 5.92 Å². The highest BCUT2D eigenvalue weighted by atomic mass is 32.2. The van der Waals surface area contributed by atoms with Crippen LogP contribution in [0.2, 0.25) is 0 Å². The molecule has 28 heavy (non-hydrogen) atoms. The molecule has 1 amide bonds. The Hall–Kier alpha value is -1.44. The number of rotatable bonds is 6. The Labute approximate surface area is 167 Å². The van der Waals surface area contributed by atoms with E-state index in [9.17, 15) is 13.2 Å². The van der Waals surface area contributed by atoms with Crippen LogP contribution in [-0.2, 0) is 26.0 Å². The van der Waals surface area contributed by atoms with Crippen molar-refractivity contribution < 1.29 is 17.9 Å². The Kier molecular flexibility index (Phi) is 5.51. The smallest absolute Gasteiger partial charge is 0.243 e. The number of hydrogen-bond acceptors (Lipinski definition) is 4. The molecule has 1 aromatic carbocycles. The molecule has 3 aliphatic rings. The summed E-state index contributed by atoms with van der Waals surface area (Å²) in [5.41, 5.74) is 0.707. The Bertz CT molecular complexity index is 811. The largest absolute Gasteiger partial charge is 0.381 e. The molecule has 2 aliphatic heterocycles. The van der Waals surface area contributed by atoms with Crippen molar-refractivity contribution in [1.82, 2.24) is 9.21 Å². The van der Waals surface area contributed by atoms with Gasteiger partial charge in [0.15, 0.2) is 0 Å². The van der Waals surface area contributed by atoms with Gasteiger partial charge in [-0.2, -0.15) is 4.31 Å². The average Bonchev–Trinajstić information content (AvgIpc) is 3.50. The second-order valence-electron chi connectivity index (χ2n) is 8.45. The fourth-order valence-electron chi connectivity index (χ4n) is 4.44. The lowest BCUT2D eigenvalue weighted by molar-refractivity contribution is -0.150. The van der Waals surface area contributed by atoms with E-state index in [4.69, 9.17) is 4.74 Å². The monoisotopic (exact) mass is 406 g/mol. The molecule has 1 saturated carbocycles. The first kappa shape index (κ1) is 19.9. The maximum atomic E-state index is 13.3. The van der Waals surface area contributed by atoms with Gasteiger partial charge >= 0.3 is 0 Å². The zero-order valence-corrected chi connectivity index (χ0v) is 17.4. The Morgan fingerprint density at radius 1 is 1.14 bits per heavy atom. The van der Waals surface area contributed by atoms with Gasteiger partial charge in [-0.15, -0.1) is 0 Å². The Morgan fingerprint density at radius 2 is 1.82 bits per heavy atom. The number of benzene rings is 1. The molecule has 0 aromatic heterocycles. The van der Waals surface area contributed by atoms with E-state index >= 15 is 0 Å². The molecule has 154 valence electrons. The first-order valence-electron chi connectivity index (χ1n) is 10.4. The van der Waals surface area contributed by atoms with Gasteiger partial charge in [-0.25, -0.2) is 8.42 Å². The zero-order chi connectivity index (χ0) is 19.8. The summed E-state index contributed by atoms with van der Waals surface area (Å²) in [6, 6.07) is 7.12. The molecule has 0 N–H and O–H groups in total. The summed E-state index contributed by atoms with van der Waals surface area (Å²) in [4.78, 5) is 15.3. The summed E-state index contributed by atoms with van der Waals surface area (Å²) in [5, 5.41) is 0. The molecule has 0 atom stereocenters. The number of piperazine rings is 1. The third kappa shape index (κ3) is 3.84. The topological polar surface area (TPSA) is 66.9 Å². The maximum absolute atomic E-state index is 13.3. The number of carbonyl (C=O) groups excluding carboxylic acids is 1. The number of ether oxygens (including phenoxy) is 1. The van der Waals surface area contributed by atoms with Crippen molar-refractivity contribution in [1.29, 1.82) is 0 Å². The van der Waals surface area contributed by atoms with Gasteiger partial charge in [-0.3, -0.25) is 4.79 Å². The molecular weight excluding hydrogens is 376 g/mol. The molecule has 1 aliphatic carbocycles. The van der Waals surface area contributed by atoms with Crippen molar-refractivity contribution >= 4 is 15.9 Å². The van der Waals surface area contributed by atoms with Crippen LogP contribution < -0.4 is 0 Å². The second-order valence-corrected chi connectivity index (χ2v) is 10.4. The predicted molar refractivity (Wildman–Crippen MR) is 106 cm³/mol. The van der Waals surface area contributed by atoms with Gasteiger partial charge < -0.3 is 9.64 Å². The van der Waals surface area contributed by atoms with Gasteiger partial charge in [0.25, 0.3) is 0 Å². The summed E-state index contributed by atoms with van der Waals surface area (Å²) in [5.74, 6) is 0.518. The highest BCUT2D eigenvalue weighted by Crippen LogP contribution is 2.39. The van der Waals surface area contributed by atoms with Crippen molar-refractivity contribution in [3.63, 3.8) is 0 Å². The van der Waals surface area contributed by atoms with Crippen LogP contribution in [0.25, 0.3) is 0 Å². The van der Waals surface area contributed by atoms with Gasteiger partial charge in [-0.05, 0) is 55.7 Å². The van der Waals surface area contributed by atoms with E-state index in [2.05, 4.69) is 6.92 Å². The lowest BCUT2D eigenvalue weighted by atomic mass is 9.85. The van der Waals surface area contributed by atoms with Crippen LogP contribution in [0.4, 0.5) is 0 Å². The summed E-state index contributed by atoms with van der Waals surface area (Å²) in [6.07, 6.45) is 5.70. The fourth-order valence-corrected chi connectivity index (χ4v) is 5.91. The summed E-state index contributed by atoms with van der Waals surface area (Å²) < 4.78 is 33.5. The van der Waals surface area contributed by atoms with Gasteiger partial charge in [-0.1, -0.05) is 25.5 Å². The quantitative estimate of drug-likeness (QED) is 0.728. The third-order valence-corrected chi connectivity index (χ3v) is 8.12. The van der Waals surface area contributed by atoms with Crippen LogP contribution in [0.3, 0.4) is 0 Å². The molecule has 1 spiro atoms. The van der Waals surface area contributed by atoms with Crippen LogP contribution in [-0.4, -0.2) is 61.9 Å². The molecule has 4 rings (SSSR count). The van der Waals surface area contributed by atoms with E-state index in [1.807, 2.05) is 17.0 Å². The van der Waals surface area contributed by atoms with Crippen molar-refractivity contribution in [2.45, 2.75) is 55.9 Å². The maximum Gasteiger partial charge on any atom is 0.243 e. The van der Waals surface area contributed by atoms with Crippen LogP contribution in [0.5, 0.6) is 0 Å². The van der Waals surface area contributed by atoms with E-state index in [1.165, 1.54) is 17.1 Å². The molecule has 0 bridgehead atoms. The number of hydrogen-bond donors (Lipinski definition) is 0. The highest BCUT2D eigenvalue weighted by Gasteiger charge is 2.50. The van der Waals surface area contributed by atoms with E-state index < -0.39 is 15.6 Å². The number of amides is 1. The summed E-state index contributed by atoms with van der Waals surface area (Å²) in [7, 11) is -3.69. The molecule has 7 heteroatoms. The second kappa shape index (κ2) is 7.76. The van der Waals surface area contributed by atoms with E-state index in [-0.39, 0.29) is 17.3 Å². The fraction of sp³-hybridized carbons (Fsp3) is 0.667. The van der Waals surface area contributed by atoms with Crippen molar-refractivity contribution in [3.05, 3.63) is 29.8 Å². The summed E-state index contributed by atoms with van der Waals surface area (Å²) >= 11 is 0. The minimum absolute atomic E-state index is 0.0611. The van der Waals surface area contributed by atoms with Crippen LogP contribution >= 0.6 is 0 Å². The standard InChI is InChI=1S/C21H30N2O4S/c1-2-3-17-6-8-19(9-7-17)28(25,26)22-15-20(24)23(14-18-4-5-18)21(16-22)10-12-27-13-11-21/h6-9,18H,2-5,10-16H2,1H3. The zero-order valence-electron chi connectivity index (χ0n) is 16.6. The lowest BCUT2D eigenvalue weighted by Crippen LogP contribution is -2.67. The highest BCUT2D eigenvalue weighted by molar-refractivity contribution is 7.89. The Balaban J connectivity index is 1.59. The van der Waals surface area contributed by atoms with Gasteiger partial charge in [0.2, 0.25) is 15.9 Å². The van der Waals surface area contributed by atoms with Crippen LogP contribution in [0.1, 0.15) is 44.6 Å². The molecular formula is C21H30N2O4S. The van der Waals surface area contributed by atoms with Gasteiger partial charge in [0, 0.05) is 26.3 Å². The third-order valence-electron chi connectivity index (χ3n) is 6.32. The first-order chi connectivity index (χ1) is 13.4. The number of aryl methyl sites for hydroxylation is 1. The average molecular weight is 407 g/mol. The Morgan fingerprint density at radius 3 is 2.43 bits per heavy atom.